The van der Waals surface area contributed by atoms with Gasteiger partial charge in [0.1, 0.15) is 17.4 Å². The van der Waals surface area contributed by atoms with Gasteiger partial charge in [-0.15, -0.1) is 0 Å². The van der Waals surface area contributed by atoms with E-state index < -0.39 is 22.2 Å². The van der Waals surface area contributed by atoms with Gasteiger partial charge in [0, 0.05) is 18.1 Å². The smallest absolute Gasteiger partial charge is 0.411 e. The molecule has 0 N–H and O–H groups in total. The molecule has 0 aliphatic carbocycles. The average molecular weight is 343 g/mol. The summed E-state index contributed by atoms with van der Waals surface area (Å²) in [5.74, 6) is 0. The normalized spacial score (nSPS) is 13.8. The molecule has 1 amide bonds. The van der Waals surface area contributed by atoms with E-state index in [9.17, 15) is 19.7 Å². The van der Waals surface area contributed by atoms with Gasteiger partial charge in [0.15, 0.2) is 0 Å². The molecule has 0 bridgehead atoms. The molecule has 1 aromatic rings. The molecule has 0 fully saturated rings. The average Bonchev–Trinajstić information content (AvgIpc) is 2.43. The summed E-state index contributed by atoms with van der Waals surface area (Å²) in [5.41, 5.74) is -2.66. The number of aldehydes is 1. The van der Waals surface area contributed by atoms with Gasteiger partial charge in [0.2, 0.25) is 0 Å². The Balaban J connectivity index is 3.40. The van der Waals surface area contributed by atoms with Gasteiger partial charge in [0.25, 0.3) is 5.69 Å². The molecule has 0 aliphatic heterocycles. The summed E-state index contributed by atoms with van der Waals surface area (Å²) in [4.78, 5) is 35.6. The molecule has 0 aliphatic rings. The molecule has 1 rings (SSSR count). The molecular weight excluding hydrogens is 324 g/mol. The number of ether oxygens (including phenoxy) is 1. The van der Waals surface area contributed by atoms with Gasteiger partial charge in [-0.3, -0.25) is 15.0 Å². The Kier molecular flexibility index (Phi) is 5.37. The highest BCUT2D eigenvalue weighted by Gasteiger charge is 2.41. The summed E-state index contributed by atoms with van der Waals surface area (Å²) in [6.45, 7) is 6.43. The van der Waals surface area contributed by atoms with Gasteiger partial charge >= 0.3 is 6.09 Å². The molecule has 1 atom stereocenters. The third-order valence-corrected chi connectivity index (χ3v) is 3.53. The van der Waals surface area contributed by atoms with Crippen LogP contribution in [-0.2, 0) is 15.1 Å². The Morgan fingerprint density at radius 3 is 2.35 bits per heavy atom. The number of nitrogens with zero attached hydrogens (tertiary/aromatic N) is 2. The van der Waals surface area contributed by atoms with Crippen LogP contribution >= 0.6 is 11.6 Å². The first-order chi connectivity index (χ1) is 10.4. The third kappa shape index (κ3) is 4.19. The number of carbonyl (C=O) groups is 2. The zero-order valence-corrected chi connectivity index (χ0v) is 14.4. The summed E-state index contributed by atoms with van der Waals surface area (Å²) in [5, 5.41) is 11.4. The lowest BCUT2D eigenvalue weighted by Crippen LogP contribution is -2.48. The number of benzene rings is 1. The van der Waals surface area contributed by atoms with Crippen LogP contribution in [0, 0.1) is 10.1 Å². The number of nitro groups is 1. The van der Waals surface area contributed by atoms with Crippen molar-refractivity contribution in [3.63, 3.8) is 0 Å². The Bertz CT molecular complexity index is 641. The summed E-state index contributed by atoms with van der Waals surface area (Å²) in [6, 6.07) is 3.85. The van der Waals surface area contributed by atoms with E-state index in [0.29, 0.717) is 6.29 Å². The minimum atomic E-state index is -1.60. The van der Waals surface area contributed by atoms with Gasteiger partial charge in [0.05, 0.1) is 10.5 Å². The Morgan fingerprint density at radius 1 is 1.35 bits per heavy atom. The van der Waals surface area contributed by atoms with Crippen LogP contribution in [0.3, 0.4) is 0 Å². The van der Waals surface area contributed by atoms with E-state index in [0.717, 1.165) is 4.90 Å². The fraction of sp³-hybridized carbons (Fsp3) is 0.467. The molecule has 126 valence electrons. The molecule has 23 heavy (non-hydrogen) atoms. The SMILES string of the molecule is CN(C(=O)OC(C)(C)C)C(C)(C=O)c1cc(Cl)ccc1[N+](=O)[O-]. The summed E-state index contributed by atoms with van der Waals surface area (Å²) in [7, 11) is 1.34. The van der Waals surface area contributed by atoms with Gasteiger partial charge in [-0.2, -0.15) is 0 Å². The monoisotopic (exact) mass is 342 g/mol. The largest absolute Gasteiger partial charge is 0.444 e. The Morgan fingerprint density at radius 2 is 1.91 bits per heavy atom. The van der Waals surface area contributed by atoms with E-state index in [4.69, 9.17) is 16.3 Å². The lowest BCUT2D eigenvalue weighted by atomic mass is 9.90. The molecule has 0 heterocycles. The van der Waals surface area contributed by atoms with Crippen molar-refractivity contribution in [1.29, 1.82) is 0 Å². The molecule has 1 aromatic carbocycles. The van der Waals surface area contributed by atoms with Crippen molar-refractivity contribution < 1.29 is 19.2 Å². The van der Waals surface area contributed by atoms with Crippen LogP contribution in [-0.4, -0.2) is 34.9 Å². The van der Waals surface area contributed by atoms with Crippen LogP contribution in [0.2, 0.25) is 5.02 Å². The van der Waals surface area contributed by atoms with E-state index >= 15 is 0 Å². The van der Waals surface area contributed by atoms with Crippen LogP contribution in [0.25, 0.3) is 0 Å². The lowest BCUT2D eigenvalue weighted by molar-refractivity contribution is -0.386. The molecule has 0 saturated carbocycles. The highest BCUT2D eigenvalue weighted by molar-refractivity contribution is 6.30. The number of rotatable bonds is 4. The van der Waals surface area contributed by atoms with Gasteiger partial charge in [-0.25, -0.2) is 4.79 Å². The zero-order valence-electron chi connectivity index (χ0n) is 13.6. The minimum Gasteiger partial charge on any atom is -0.444 e. The van der Waals surface area contributed by atoms with E-state index in [-0.39, 0.29) is 16.3 Å². The maximum absolute atomic E-state index is 12.2. The number of likely N-dealkylation sites (N-methyl/N-ethyl adjacent to an activating group) is 1. The van der Waals surface area contributed by atoms with Crippen LogP contribution < -0.4 is 0 Å². The number of nitro benzene ring substituents is 1. The van der Waals surface area contributed by atoms with Gasteiger partial charge in [-0.05, 0) is 39.8 Å². The van der Waals surface area contributed by atoms with Crippen molar-refractivity contribution >= 4 is 29.7 Å². The van der Waals surface area contributed by atoms with Crippen molar-refractivity contribution in [2.45, 2.75) is 38.8 Å². The molecule has 0 spiro atoms. The van der Waals surface area contributed by atoms with Gasteiger partial charge in [-0.1, -0.05) is 11.6 Å². The zero-order chi connectivity index (χ0) is 18.0. The molecule has 0 aromatic heterocycles. The molecule has 0 radical (unpaired) electrons. The van der Waals surface area contributed by atoms with Crippen molar-refractivity contribution in [2.24, 2.45) is 0 Å². The Labute approximate surface area is 139 Å². The first-order valence-electron chi connectivity index (χ1n) is 6.80. The van der Waals surface area contributed by atoms with E-state index in [1.807, 2.05) is 0 Å². The first-order valence-corrected chi connectivity index (χ1v) is 7.17. The van der Waals surface area contributed by atoms with Crippen molar-refractivity contribution in [3.05, 3.63) is 38.9 Å². The molecule has 0 saturated heterocycles. The predicted octanol–water partition coefficient (Wildman–Crippen LogP) is 3.53. The molecule has 7 nitrogen and oxygen atoms in total. The molecule has 8 heteroatoms. The summed E-state index contributed by atoms with van der Waals surface area (Å²) < 4.78 is 5.22. The summed E-state index contributed by atoms with van der Waals surface area (Å²) >= 11 is 5.90. The second kappa shape index (κ2) is 6.54. The van der Waals surface area contributed by atoms with Crippen LogP contribution in [0.1, 0.15) is 33.3 Å². The number of hydrogen-bond donors (Lipinski definition) is 0. The van der Waals surface area contributed by atoms with Crippen LogP contribution in [0.4, 0.5) is 10.5 Å². The molecule has 1 unspecified atom stereocenters. The number of halogens is 1. The van der Waals surface area contributed by atoms with E-state index in [1.54, 1.807) is 20.8 Å². The topological polar surface area (TPSA) is 89.8 Å². The number of amides is 1. The van der Waals surface area contributed by atoms with Gasteiger partial charge < -0.3 is 9.53 Å². The lowest BCUT2D eigenvalue weighted by Gasteiger charge is -2.35. The maximum atomic E-state index is 12.2. The van der Waals surface area contributed by atoms with E-state index in [1.165, 1.54) is 32.2 Å². The highest BCUT2D eigenvalue weighted by Crippen LogP contribution is 2.35. The van der Waals surface area contributed by atoms with Crippen LogP contribution in [0.5, 0.6) is 0 Å². The fourth-order valence-corrected chi connectivity index (χ4v) is 2.09. The van der Waals surface area contributed by atoms with Crippen molar-refractivity contribution in [2.75, 3.05) is 7.05 Å². The highest BCUT2D eigenvalue weighted by atomic mass is 35.5. The van der Waals surface area contributed by atoms with Crippen LogP contribution in [0.15, 0.2) is 18.2 Å². The molecular formula is C15H19ClN2O5. The van der Waals surface area contributed by atoms with E-state index in [2.05, 4.69) is 0 Å². The summed E-state index contributed by atoms with van der Waals surface area (Å²) in [6.07, 6.45) is -0.323. The number of carbonyl (C=O) groups excluding carboxylic acids is 2. The minimum absolute atomic E-state index is 0.0124. The Hall–Kier alpha value is -2.15. The second-order valence-corrected chi connectivity index (χ2v) is 6.66. The predicted molar refractivity (Wildman–Crippen MR) is 85.5 cm³/mol. The third-order valence-electron chi connectivity index (χ3n) is 3.29. The fourth-order valence-electron chi connectivity index (χ4n) is 1.92. The second-order valence-electron chi connectivity index (χ2n) is 6.22. The quantitative estimate of drug-likeness (QED) is 0.474. The van der Waals surface area contributed by atoms with Crippen molar-refractivity contribution in [1.82, 2.24) is 4.90 Å². The first kappa shape index (κ1) is 18.9. The van der Waals surface area contributed by atoms with Crippen molar-refractivity contribution in [3.8, 4) is 0 Å². The standard InChI is InChI=1S/C15H19ClN2O5/c1-14(2,3)23-13(20)17(5)15(4,9-19)11-8-10(16)6-7-12(11)18(21)22/h6-9H,1-5H3. The maximum Gasteiger partial charge on any atom is 0.411 e. The number of hydrogen-bond acceptors (Lipinski definition) is 5.